The molecule has 1 aromatic heterocycles. The molecule has 0 spiro atoms. The summed E-state index contributed by atoms with van der Waals surface area (Å²) in [6, 6.07) is 11.5. The van der Waals surface area contributed by atoms with Gasteiger partial charge in [0.1, 0.15) is 18.1 Å². The van der Waals surface area contributed by atoms with E-state index < -0.39 is 0 Å². The highest BCUT2D eigenvalue weighted by Crippen LogP contribution is 2.26. The van der Waals surface area contributed by atoms with Crippen LogP contribution in [0.15, 0.2) is 40.9 Å². The molecule has 0 aliphatic carbocycles. The molecule has 1 aliphatic heterocycles. The Balaban J connectivity index is 1.38. The van der Waals surface area contributed by atoms with E-state index >= 15 is 0 Å². The molecule has 174 valence electrons. The number of rotatable bonds is 6. The Hall–Kier alpha value is -2.54. The van der Waals surface area contributed by atoms with Crippen molar-refractivity contribution < 1.29 is 14.1 Å². The molecule has 2 aromatic carbocycles. The summed E-state index contributed by atoms with van der Waals surface area (Å²) in [5, 5.41) is 5.37. The zero-order valence-corrected chi connectivity index (χ0v) is 20.5. The highest BCUT2D eigenvalue weighted by molar-refractivity contribution is 6.35. The van der Waals surface area contributed by atoms with Crippen molar-refractivity contribution in [2.75, 3.05) is 26.2 Å². The van der Waals surface area contributed by atoms with Crippen LogP contribution in [-0.4, -0.2) is 47.0 Å². The Bertz CT molecular complexity index is 1130. The fourth-order valence-electron chi connectivity index (χ4n) is 3.85. The van der Waals surface area contributed by atoms with Gasteiger partial charge in [0.15, 0.2) is 5.69 Å². The highest BCUT2D eigenvalue weighted by atomic mass is 35.5. The Kier molecular flexibility index (Phi) is 7.27. The van der Waals surface area contributed by atoms with Crippen LogP contribution in [0.5, 0.6) is 5.75 Å². The molecule has 0 saturated carbocycles. The maximum atomic E-state index is 13.2. The zero-order valence-electron chi connectivity index (χ0n) is 19.0. The third-order valence-corrected chi connectivity index (χ3v) is 6.86. The van der Waals surface area contributed by atoms with Gasteiger partial charge in [-0.2, -0.15) is 0 Å². The van der Waals surface area contributed by atoms with E-state index in [1.54, 1.807) is 6.92 Å². The molecular formula is C25H27Cl2N3O3. The molecular weight excluding hydrogens is 461 g/mol. The largest absolute Gasteiger partial charge is 0.489 e. The number of ether oxygens (including phenoxy) is 1. The van der Waals surface area contributed by atoms with Gasteiger partial charge in [-0.25, -0.2) is 0 Å². The van der Waals surface area contributed by atoms with Crippen LogP contribution in [0.2, 0.25) is 10.0 Å². The average Bonchev–Trinajstić information content (AvgIpc) is 3.17. The molecule has 0 N–H and O–H groups in total. The van der Waals surface area contributed by atoms with E-state index in [1.807, 2.05) is 48.2 Å². The molecule has 2 heterocycles. The number of nitrogens with zero attached hydrogens (tertiary/aromatic N) is 3. The van der Waals surface area contributed by atoms with Gasteiger partial charge in [0.05, 0.1) is 5.56 Å². The highest BCUT2D eigenvalue weighted by Gasteiger charge is 2.28. The van der Waals surface area contributed by atoms with Gasteiger partial charge in [0.2, 0.25) is 0 Å². The topological polar surface area (TPSA) is 58.8 Å². The average molecular weight is 488 g/mol. The number of aromatic nitrogens is 1. The lowest BCUT2D eigenvalue weighted by Crippen LogP contribution is -2.48. The number of amides is 1. The standard InChI is InChI=1S/C25H27Cl2N3O3/c1-16-7-8-19(13-17(16)2)32-15-21-18(3)33-28-24(21)25(31)30-11-9-29(10-12-30)14-20-22(26)5-4-6-23(20)27/h4-8,13H,9-12,14-15H2,1-3H3. The summed E-state index contributed by atoms with van der Waals surface area (Å²) in [5.41, 5.74) is 4.28. The van der Waals surface area contributed by atoms with E-state index in [2.05, 4.69) is 17.0 Å². The second kappa shape index (κ2) is 10.2. The smallest absolute Gasteiger partial charge is 0.276 e. The van der Waals surface area contributed by atoms with E-state index in [-0.39, 0.29) is 12.5 Å². The fourth-order valence-corrected chi connectivity index (χ4v) is 4.37. The van der Waals surface area contributed by atoms with Gasteiger partial charge >= 0.3 is 0 Å². The van der Waals surface area contributed by atoms with Gasteiger partial charge in [-0.3, -0.25) is 9.69 Å². The SMILES string of the molecule is Cc1ccc(OCc2c(C(=O)N3CCN(Cc4c(Cl)cccc4Cl)CC3)noc2C)cc1C. The predicted molar refractivity (Wildman–Crippen MR) is 129 cm³/mol. The number of hydrogen-bond acceptors (Lipinski definition) is 5. The van der Waals surface area contributed by atoms with Crippen molar-refractivity contribution in [1.29, 1.82) is 0 Å². The Morgan fingerprint density at radius 3 is 2.36 bits per heavy atom. The van der Waals surface area contributed by atoms with Crippen LogP contribution in [0.3, 0.4) is 0 Å². The first-order valence-corrected chi connectivity index (χ1v) is 11.7. The maximum absolute atomic E-state index is 13.2. The summed E-state index contributed by atoms with van der Waals surface area (Å²) in [5.74, 6) is 1.21. The second-order valence-corrected chi connectivity index (χ2v) is 9.18. The van der Waals surface area contributed by atoms with E-state index in [0.29, 0.717) is 46.7 Å². The summed E-state index contributed by atoms with van der Waals surface area (Å²) < 4.78 is 11.3. The molecule has 0 radical (unpaired) electrons. The monoisotopic (exact) mass is 487 g/mol. The molecule has 6 nitrogen and oxygen atoms in total. The van der Waals surface area contributed by atoms with E-state index in [4.69, 9.17) is 32.5 Å². The molecule has 1 fully saturated rings. The third kappa shape index (κ3) is 5.35. The van der Waals surface area contributed by atoms with Crippen LogP contribution in [0.4, 0.5) is 0 Å². The predicted octanol–water partition coefficient (Wildman–Crippen LogP) is 5.44. The van der Waals surface area contributed by atoms with Crippen molar-refractivity contribution in [3.05, 3.63) is 80.2 Å². The molecule has 0 bridgehead atoms. The number of hydrogen-bond donors (Lipinski definition) is 0. The van der Waals surface area contributed by atoms with Gasteiger partial charge in [-0.1, -0.05) is 40.5 Å². The summed E-state index contributed by atoms with van der Waals surface area (Å²) in [6.07, 6.45) is 0. The molecule has 3 aromatic rings. The van der Waals surface area contributed by atoms with Crippen molar-refractivity contribution in [3.8, 4) is 5.75 Å². The summed E-state index contributed by atoms with van der Waals surface area (Å²) >= 11 is 12.6. The first-order valence-electron chi connectivity index (χ1n) is 10.9. The summed E-state index contributed by atoms with van der Waals surface area (Å²) in [4.78, 5) is 17.3. The van der Waals surface area contributed by atoms with Gasteiger partial charge in [0.25, 0.3) is 5.91 Å². The minimum absolute atomic E-state index is 0.138. The van der Waals surface area contributed by atoms with E-state index in [1.165, 1.54) is 5.56 Å². The summed E-state index contributed by atoms with van der Waals surface area (Å²) in [6.45, 7) is 9.40. The van der Waals surface area contributed by atoms with Gasteiger partial charge < -0.3 is 14.2 Å². The number of carbonyl (C=O) groups is 1. The Morgan fingerprint density at radius 2 is 1.70 bits per heavy atom. The van der Waals surface area contributed by atoms with Crippen LogP contribution in [0.25, 0.3) is 0 Å². The van der Waals surface area contributed by atoms with E-state index in [9.17, 15) is 4.79 Å². The zero-order chi connectivity index (χ0) is 23.5. The van der Waals surface area contributed by atoms with Crippen molar-refractivity contribution >= 4 is 29.1 Å². The van der Waals surface area contributed by atoms with Crippen LogP contribution in [-0.2, 0) is 13.2 Å². The minimum Gasteiger partial charge on any atom is -0.489 e. The van der Waals surface area contributed by atoms with Crippen LogP contribution in [0.1, 0.15) is 38.5 Å². The summed E-state index contributed by atoms with van der Waals surface area (Å²) in [7, 11) is 0. The first-order chi connectivity index (χ1) is 15.8. The molecule has 4 rings (SSSR count). The lowest BCUT2D eigenvalue weighted by molar-refractivity contribution is 0.0616. The molecule has 1 saturated heterocycles. The second-order valence-electron chi connectivity index (χ2n) is 8.37. The fraction of sp³-hybridized carbons (Fsp3) is 0.360. The van der Waals surface area contributed by atoms with Crippen LogP contribution in [0, 0.1) is 20.8 Å². The minimum atomic E-state index is -0.138. The number of piperazine rings is 1. The lowest BCUT2D eigenvalue weighted by atomic mass is 10.1. The number of aryl methyl sites for hydroxylation is 3. The first kappa shape index (κ1) is 23.6. The number of benzene rings is 2. The van der Waals surface area contributed by atoms with Crippen molar-refractivity contribution in [2.24, 2.45) is 0 Å². The quantitative estimate of drug-likeness (QED) is 0.462. The molecule has 33 heavy (non-hydrogen) atoms. The van der Waals surface area contributed by atoms with Gasteiger partial charge in [-0.15, -0.1) is 0 Å². The molecule has 0 unspecified atom stereocenters. The molecule has 1 aliphatic rings. The van der Waals surface area contributed by atoms with Gasteiger partial charge in [-0.05, 0) is 56.2 Å². The van der Waals surface area contributed by atoms with Crippen molar-refractivity contribution in [2.45, 2.75) is 33.9 Å². The Labute approximate surface area is 204 Å². The number of carbonyl (C=O) groups excluding carboxylic acids is 1. The lowest BCUT2D eigenvalue weighted by Gasteiger charge is -2.34. The van der Waals surface area contributed by atoms with Crippen molar-refractivity contribution in [3.63, 3.8) is 0 Å². The molecule has 8 heteroatoms. The van der Waals surface area contributed by atoms with Crippen LogP contribution >= 0.6 is 23.2 Å². The third-order valence-electron chi connectivity index (χ3n) is 6.15. The molecule has 1 amide bonds. The van der Waals surface area contributed by atoms with Crippen molar-refractivity contribution in [1.82, 2.24) is 15.0 Å². The van der Waals surface area contributed by atoms with Gasteiger partial charge in [0, 0.05) is 48.3 Å². The number of halogens is 2. The van der Waals surface area contributed by atoms with E-state index in [0.717, 1.165) is 30.0 Å². The Morgan fingerprint density at radius 1 is 1.00 bits per heavy atom. The van der Waals surface area contributed by atoms with Crippen LogP contribution < -0.4 is 4.74 Å². The maximum Gasteiger partial charge on any atom is 0.276 e. The molecule has 0 atom stereocenters. The normalized spacial score (nSPS) is 14.5.